The van der Waals surface area contributed by atoms with Crippen molar-refractivity contribution >= 4 is 5.82 Å². The molecule has 0 saturated carbocycles. The summed E-state index contributed by atoms with van der Waals surface area (Å²) in [6.07, 6.45) is -3.07. The quantitative estimate of drug-likeness (QED) is 0.862. The van der Waals surface area contributed by atoms with Gasteiger partial charge in [0.05, 0.1) is 18.2 Å². The van der Waals surface area contributed by atoms with Crippen LogP contribution in [0, 0.1) is 5.92 Å². The Kier molecular flexibility index (Phi) is 5.60. The van der Waals surface area contributed by atoms with Crippen LogP contribution in [0.4, 0.5) is 19.0 Å². The fourth-order valence-electron chi connectivity index (χ4n) is 1.57. The molecule has 1 aromatic heterocycles. The normalized spacial score (nSPS) is 13.6. The molecule has 1 unspecified atom stereocenters. The summed E-state index contributed by atoms with van der Waals surface area (Å²) in [5.74, 6) is -0.0111. The summed E-state index contributed by atoms with van der Waals surface area (Å²) >= 11 is 0. The van der Waals surface area contributed by atoms with Crippen molar-refractivity contribution in [3.8, 4) is 0 Å². The molecular formula is C13H19F3N2O. The third-order valence-corrected chi connectivity index (χ3v) is 2.74. The Morgan fingerprint density at radius 2 is 2.05 bits per heavy atom. The first-order valence-corrected chi connectivity index (χ1v) is 6.22. The zero-order valence-electron chi connectivity index (χ0n) is 11.3. The molecule has 1 N–H and O–H groups in total. The number of rotatable bonds is 6. The highest BCUT2D eigenvalue weighted by Crippen LogP contribution is 2.33. The molecule has 6 heteroatoms. The predicted molar refractivity (Wildman–Crippen MR) is 68.0 cm³/mol. The molecule has 1 atom stereocenters. The molecule has 0 saturated heterocycles. The molecule has 0 aromatic carbocycles. The molecule has 0 aliphatic rings. The van der Waals surface area contributed by atoms with Crippen LogP contribution in [0.5, 0.6) is 0 Å². The lowest BCUT2D eigenvalue weighted by molar-refractivity contribution is -0.137. The molecule has 1 rings (SSSR count). The van der Waals surface area contributed by atoms with Gasteiger partial charge in [-0.15, -0.1) is 0 Å². The van der Waals surface area contributed by atoms with Gasteiger partial charge in [0.25, 0.3) is 0 Å². The molecule has 108 valence electrons. The van der Waals surface area contributed by atoms with Crippen LogP contribution < -0.4 is 5.32 Å². The lowest BCUT2D eigenvalue weighted by atomic mass is 10.0. The summed E-state index contributed by atoms with van der Waals surface area (Å²) in [6, 6.07) is 2.09. The van der Waals surface area contributed by atoms with E-state index in [1.807, 2.05) is 20.8 Å². The number of pyridine rings is 1. The minimum absolute atomic E-state index is 0.134. The van der Waals surface area contributed by atoms with E-state index in [1.165, 1.54) is 12.3 Å². The Bertz CT molecular complexity index is 394. The van der Waals surface area contributed by atoms with E-state index in [9.17, 15) is 13.2 Å². The number of halogens is 3. The van der Waals surface area contributed by atoms with E-state index in [-0.39, 0.29) is 17.8 Å². The summed E-state index contributed by atoms with van der Waals surface area (Å²) < 4.78 is 43.8. The second-order valence-electron chi connectivity index (χ2n) is 4.55. The Morgan fingerprint density at radius 3 is 2.58 bits per heavy atom. The van der Waals surface area contributed by atoms with Gasteiger partial charge < -0.3 is 10.1 Å². The highest BCUT2D eigenvalue weighted by atomic mass is 19.4. The molecule has 3 nitrogen and oxygen atoms in total. The second-order valence-corrected chi connectivity index (χ2v) is 4.55. The van der Waals surface area contributed by atoms with Crippen LogP contribution in [-0.4, -0.2) is 24.2 Å². The van der Waals surface area contributed by atoms with Crippen LogP contribution in [0.1, 0.15) is 26.3 Å². The monoisotopic (exact) mass is 276 g/mol. The summed E-state index contributed by atoms with van der Waals surface area (Å²) in [4.78, 5) is 3.79. The summed E-state index contributed by atoms with van der Waals surface area (Å²) in [7, 11) is 0. The van der Waals surface area contributed by atoms with Crippen molar-refractivity contribution in [2.75, 3.05) is 18.5 Å². The van der Waals surface area contributed by atoms with Crippen molar-refractivity contribution in [2.24, 2.45) is 5.92 Å². The first kappa shape index (κ1) is 15.8. The molecule has 0 spiro atoms. The lowest BCUT2D eigenvalue weighted by Crippen LogP contribution is -2.32. The number of hydrogen-bond donors (Lipinski definition) is 1. The van der Waals surface area contributed by atoms with E-state index in [0.29, 0.717) is 13.2 Å². The molecule has 0 aliphatic carbocycles. The number of hydrogen-bond acceptors (Lipinski definition) is 3. The molecule has 0 fully saturated rings. The average molecular weight is 276 g/mol. The Balaban J connectivity index is 2.90. The van der Waals surface area contributed by atoms with Gasteiger partial charge in [-0.05, 0) is 25.0 Å². The van der Waals surface area contributed by atoms with E-state index >= 15 is 0 Å². The van der Waals surface area contributed by atoms with Gasteiger partial charge in [0.1, 0.15) is 5.82 Å². The van der Waals surface area contributed by atoms with Gasteiger partial charge >= 0.3 is 6.18 Å². The zero-order valence-corrected chi connectivity index (χ0v) is 11.3. The van der Waals surface area contributed by atoms with Crippen LogP contribution in [-0.2, 0) is 10.9 Å². The maximum Gasteiger partial charge on any atom is 0.419 e. The largest absolute Gasteiger partial charge is 0.419 e. The van der Waals surface area contributed by atoms with Crippen molar-refractivity contribution in [1.82, 2.24) is 4.98 Å². The third kappa shape index (κ3) is 4.70. The van der Waals surface area contributed by atoms with Gasteiger partial charge in [-0.2, -0.15) is 13.2 Å². The standard InChI is InChI=1S/C13H19F3N2O/c1-4-19-8-11(9(2)3)18-12-10(13(14,15)16)6-5-7-17-12/h5-7,9,11H,4,8H2,1-3H3,(H,17,18). The van der Waals surface area contributed by atoms with Crippen molar-refractivity contribution in [1.29, 1.82) is 0 Å². The number of ether oxygens (including phenoxy) is 1. The van der Waals surface area contributed by atoms with Gasteiger partial charge in [-0.3, -0.25) is 0 Å². The smallest absolute Gasteiger partial charge is 0.380 e. The molecule has 1 heterocycles. The van der Waals surface area contributed by atoms with Crippen LogP contribution in [0.15, 0.2) is 18.3 Å². The van der Waals surface area contributed by atoms with Crippen molar-refractivity contribution in [3.05, 3.63) is 23.9 Å². The number of alkyl halides is 3. The van der Waals surface area contributed by atoms with E-state index in [4.69, 9.17) is 4.74 Å². The maximum absolute atomic E-state index is 12.8. The van der Waals surface area contributed by atoms with Crippen molar-refractivity contribution in [3.63, 3.8) is 0 Å². The number of nitrogens with zero attached hydrogens (tertiary/aromatic N) is 1. The Labute approximate surface area is 111 Å². The van der Waals surface area contributed by atoms with Gasteiger partial charge in [0.15, 0.2) is 0 Å². The number of aromatic nitrogens is 1. The highest BCUT2D eigenvalue weighted by Gasteiger charge is 2.34. The SMILES string of the molecule is CCOCC(Nc1ncccc1C(F)(F)F)C(C)C. The van der Waals surface area contributed by atoms with Gasteiger partial charge in [-0.1, -0.05) is 13.8 Å². The fraction of sp³-hybridized carbons (Fsp3) is 0.615. The molecule has 1 aromatic rings. The first-order chi connectivity index (χ1) is 8.86. The van der Waals surface area contributed by atoms with E-state index < -0.39 is 11.7 Å². The Morgan fingerprint density at radius 1 is 1.37 bits per heavy atom. The average Bonchev–Trinajstić information content (AvgIpc) is 2.33. The van der Waals surface area contributed by atoms with Crippen LogP contribution in [0.3, 0.4) is 0 Å². The van der Waals surface area contributed by atoms with E-state index in [0.717, 1.165) is 6.07 Å². The first-order valence-electron chi connectivity index (χ1n) is 6.22. The minimum atomic E-state index is -4.41. The van der Waals surface area contributed by atoms with Gasteiger partial charge in [0, 0.05) is 12.8 Å². The van der Waals surface area contributed by atoms with E-state index in [1.54, 1.807) is 0 Å². The van der Waals surface area contributed by atoms with Crippen molar-refractivity contribution < 1.29 is 17.9 Å². The number of anilines is 1. The zero-order chi connectivity index (χ0) is 14.5. The number of nitrogens with one attached hydrogen (secondary N) is 1. The summed E-state index contributed by atoms with van der Waals surface area (Å²) in [5.41, 5.74) is -0.753. The predicted octanol–water partition coefficient (Wildman–Crippen LogP) is 3.57. The topological polar surface area (TPSA) is 34.1 Å². The summed E-state index contributed by atoms with van der Waals surface area (Å²) in [5, 5.41) is 2.83. The van der Waals surface area contributed by atoms with Crippen LogP contribution in [0.25, 0.3) is 0 Å². The van der Waals surface area contributed by atoms with Crippen molar-refractivity contribution in [2.45, 2.75) is 33.0 Å². The van der Waals surface area contributed by atoms with Gasteiger partial charge in [-0.25, -0.2) is 4.98 Å². The minimum Gasteiger partial charge on any atom is -0.380 e. The molecular weight excluding hydrogens is 257 g/mol. The summed E-state index contributed by atoms with van der Waals surface area (Å²) in [6.45, 7) is 6.57. The van der Waals surface area contributed by atoms with Gasteiger partial charge in [0.2, 0.25) is 0 Å². The molecule has 0 bridgehead atoms. The Hall–Kier alpha value is -1.30. The van der Waals surface area contributed by atoms with Crippen LogP contribution >= 0.6 is 0 Å². The second kappa shape index (κ2) is 6.75. The third-order valence-electron chi connectivity index (χ3n) is 2.74. The molecule has 19 heavy (non-hydrogen) atoms. The van der Waals surface area contributed by atoms with E-state index in [2.05, 4.69) is 10.3 Å². The van der Waals surface area contributed by atoms with Crippen LogP contribution in [0.2, 0.25) is 0 Å². The highest BCUT2D eigenvalue weighted by molar-refractivity contribution is 5.46. The molecule has 0 aliphatic heterocycles. The fourth-order valence-corrected chi connectivity index (χ4v) is 1.57. The molecule has 0 amide bonds. The lowest BCUT2D eigenvalue weighted by Gasteiger charge is -2.24. The maximum atomic E-state index is 12.8. The molecule has 0 radical (unpaired) electrons.